The van der Waals surface area contributed by atoms with Crippen LogP contribution in [-0.2, 0) is 15.9 Å². The van der Waals surface area contributed by atoms with Crippen LogP contribution in [0.15, 0.2) is 15.3 Å². The Hall–Kier alpha value is -2.54. The summed E-state index contributed by atoms with van der Waals surface area (Å²) in [5.74, 6) is 0.492. The maximum absolute atomic E-state index is 12.4. The van der Waals surface area contributed by atoms with Crippen molar-refractivity contribution >= 4 is 16.9 Å². The highest BCUT2D eigenvalue weighted by Crippen LogP contribution is 2.50. The molecule has 0 radical (unpaired) electrons. The van der Waals surface area contributed by atoms with E-state index in [-0.39, 0.29) is 24.4 Å². The van der Waals surface area contributed by atoms with Gasteiger partial charge in [-0.1, -0.05) is 0 Å². The third-order valence-corrected chi connectivity index (χ3v) is 4.91. The smallest absolute Gasteiger partial charge is 0.351 e. The van der Waals surface area contributed by atoms with Crippen molar-refractivity contribution in [3.05, 3.63) is 33.2 Å². The summed E-state index contributed by atoms with van der Waals surface area (Å²) in [6.07, 6.45) is 0.882. The number of esters is 1. The first-order valence-corrected chi connectivity index (χ1v) is 7.85. The first-order chi connectivity index (χ1) is 11.7. The van der Waals surface area contributed by atoms with E-state index in [1.807, 2.05) is 0 Å². The summed E-state index contributed by atoms with van der Waals surface area (Å²) in [6, 6.07) is 1.78. The molecule has 3 aliphatic rings. The maximum Gasteiger partial charge on any atom is 0.351 e. The summed E-state index contributed by atoms with van der Waals surface area (Å²) in [6.45, 7) is 0.833. The van der Waals surface area contributed by atoms with Gasteiger partial charge in [-0.3, -0.25) is 0 Å². The first kappa shape index (κ1) is 13.9. The van der Waals surface area contributed by atoms with Gasteiger partial charge < -0.3 is 23.4 Å². The number of hydrogen-bond donors (Lipinski definition) is 0. The SMILES string of the molecule is COc1cc2c(c3oc(=O)c4c(c13)CCOC4=O)[C@H]1CCO[C@@H]1O2. The van der Waals surface area contributed by atoms with Crippen molar-refractivity contribution in [2.45, 2.75) is 25.0 Å². The Morgan fingerprint density at radius 3 is 2.96 bits per heavy atom. The fourth-order valence-corrected chi connectivity index (χ4v) is 3.88. The number of cyclic esters (lactones) is 1. The Bertz CT molecular complexity index is 942. The second-order valence-corrected chi connectivity index (χ2v) is 6.08. The van der Waals surface area contributed by atoms with Crippen molar-refractivity contribution in [1.82, 2.24) is 0 Å². The van der Waals surface area contributed by atoms with Crippen LogP contribution in [0.5, 0.6) is 11.5 Å². The molecular weight excluding hydrogens is 316 g/mol. The van der Waals surface area contributed by atoms with E-state index in [4.69, 9.17) is 23.4 Å². The molecule has 0 N–H and O–H groups in total. The van der Waals surface area contributed by atoms with E-state index in [0.717, 1.165) is 12.0 Å². The van der Waals surface area contributed by atoms with Crippen LogP contribution in [0, 0.1) is 0 Å². The van der Waals surface area contributed by atoms with Crippen LogP contribution in [0.2, 0.25) is 0 Å². The molecule has 2 atom stereocenters. The summed E-state index contributed by atoms with van der Waals surface area (Å²) in [5, 5.41) is 0.652. The average molecular weight is 330 g/mol. The van der Waals surface area contributed by atoms with Gasteiger partial charge in [0.05, 0.1) is 31.6 Å². The molecule has 0 aliphatic carbocycles. The molecule has 1 aromatic heterocycles. The molecule has 7 heteroatoms. The Labute approximate surface area is 136 Å². The molecule has 0 saturated carbocycles. The zero-order chi connectivity index (χ0) is 16.4. The molecule has 24 heavy (non-hydrogen) atoms. The second kappa shape index (κ2) is 4.73. The van der Waals surface area contributed by atoms with E-state index in [0.29, 0.717) is 41.1 Å². The van der Waals surface area contributed by atoms with E-state index < -0.39 is 11.6 Å². The second-order valence-electron chi connectivity index (χ2n) is 6.08. The molecule has 0 amide bonds. The Morgan fingerprint density at radius 2 is 2.12 bits per heavy atom. The van der Waals surface area contributed by atoms with Crippen molar-refractivity contribution in [3.63, 3.8) is 0 Å². The van der Waals surface area contributed by atoms with Gasteiger partial charge >= 0.3 is 11.6 Å². The number of rotatable bonds is 1. The molecule has 0 bridgehead atoms. The van der Waals surface area contributed by atoms with E-state index in [2.05, 4.69) is 0 Å². The normalized spacial score (nSPS) is 24.1. The van der Waals surface area contributed by atoms with Crippen LogP contribution in [0.4, 0.5) is 0 Å². The molecule has 0 spiro atoms. The molecule has 0 unspecified atom stereocenters. The van der Waals surface area contributed by atoms with Crippen LogP contribution < -0.4 is 15.1 Å². The Kier molecular flexibility index (Phi) is 2.73. The number of methoxy groups -OCH3 is 1. The van der Waals surface area contributed by atoms with Gasteiger partial charge in [-0.05, 0) is 12.0 Å². The lowest BCUT2D eigenvalue weighted by Gasteiger charge is -2.19. The van der Waals surface area contributed by atoms with Crippen molar-refractivity contribution in [3.8, 4) is 11.5 Å². The third kappa shape index (κ3) is 1.65. The lowest BCUT2D eigenvalue weighted by atomic mass is 9.92. The number of fused-ring (bicyclic) bond motifs is 7. The van der Waals surface area contributed by atoms with Crippen molar-refractivity contribution in [2.75, 3.05) is 20.3 Å². The van der Waals surface area contributed by atoms with E-state index in [1.165, 1.54) is 7.11 Å². The molecule has 2 aromatic rings. The molecular formula is C17H14O7. The zero-order valence-corrected chi connectivity index (χ0v) is 12.9. The van der Waals surface area contributed by atoms with Gasteiger partial charge in [0.2, 0.25) is 6.29 Å². The fourth-order valence-electron chi connectivity index (χ4n) is 3.88. The van der Waals surface area contributed by atoms with Gasteiger partial charge in [0.25, 0.3) is 0 Å². The summed E-state index contributed by atoms with van der Waals surface area (Å²) < 4.78 is 27.4. The summed E-state index contributed by atoms with van der Waals surface area (Å²) in [4.78, 5) is 24.4. The minimum absolute atomic E-state index is 0.0187. The summed E-state index contributed by atoms with van der Waals surface area (Å²) in [7, 11) is 1.53. The van der Waals surface area contributed by atoms with Crippen LogP contribution >= 0.6 is 0 Å². The molecule has 1 fully saturated rings. The Balaban J connectivity index is 1.91. The number of hydrogen-bond acceptors (Lipinski definition) is 7. The summed E-state index contributed by atoms with van der Waals surface area (Å²) >= 11 is 0. The van der Waals surface area contributed by atoms with Crippen LogP contribution in [0.25, 0.3) is 11.0 Å². The summed E-state index contributed by atoms with van der Waals surface area (Å²) in [5.41, 5.74) is 1.16. The number of ether oxygens (including phenoxy) is 4. The number of carbonyl (C=O) groups is 1. The van der Waals surface area contributed by atoms with Crippen LogP contribution in [0.3, 0.4) is 0 Å². The van der Waals surface area contributed by atoms with Crippen molar-refractivity contribution in [1.29, 1.82) is 0 Å². The predicted molar refractivity (Wildman–Crippen MR) is 80.7 cm³/mol. The highest BCUT2D eigenvalue weighted by molar-refractivity contribution is 6.01. The van der Waals surface area contributed by atoms with E-state index in [1.54, 1.807) is 6.07 Å². The van der Waals surface area contributed by atoms with Gasteiger partial charge in [0, 0.05) is 18.1 Å². The van der Waals surface area contributed by atoms with Gasteiger partial charge in [-0.15, -0.1) is 0 Å². The maximum atomic E-state index is 12.4. The molecule has 124 valence electrons. The molecule has 4 heterocycles. The monoisotopic (exact) mass is 330 g/mol. The minimum atomic E-state index is -0.681. The van der Waals surface area contributed by atoms with Gasteiger partial charge in [0.1, 0.15) is 22.6 Å². The molecule has 1 saturated heterocycles. The predicted octanol–water partition coefficient (Wildman–Crippen LogP) is 1.74. The lowest BCUT2D eigenvalue weighted by Crippen LogP contribution is -2.26. The number of carbonyl (C=O) groups excluding carboxylic acids is 1. The topological polar surface area (TPSA) is 84.2 Å². The fraction of sp³-hybridized carbons (Fsp3) is 0.412. The first-order valence-electron chi connectivity index (χ1n) is 7.85. The Morgan fingerprint density at radius 1 is 1.25 bits per heavy atom. The standard InChI is InChI=1S/C17H14O7/c1-20-9-6-10-12(8-3-5-22-17(8)23-10)14-11(9)7-2-4-21-15(18)13(7)16(19)24-14/h6,8,17H,2-5H2,1H3/t8-,17-/m1/s1. The highest BCUT2D eigenvalue weighted by Gasteiger charge is 2.43. The van der Waals surface area contributed by atoms with Gasteiger partial charge in [-0.25, -0.2) is 9.59 Å². The van der Waals surface area contributed by atoms with Crippen molar-refractivity contribution in [2.24, 2.45) is 0 Å². The average Bonchev–Trinajstić information content (AvgIpc) is 3.14. The molecule has 7 nitrogen and oxygen atoms in total. The largest absolute Gasteiger partial charge is 0.496 e. The van der Waals surface area contributed by atoms with Gasteiger partial charge in [-0.2, -0.15) is 0 Å². The minimum Gasteiger partial charge on any atom is -0.496 e. The van der Waals surface area contributed by atoms with E-state index >= 15 is 0 Å². The van der Waals surface area contributed by atoms with Crippen LogP contribution in [0.1, 0.15) is 33.8 Å². The molecule has 5 rings (SSSR count). The third-order valence-electron chi connectivity index (χ3n) is 4.91. The zero-order valence-electron chi connectivity index (χ0n) is 12.9. The quantitative estimate of drug-likeness (QED) is 0.581. The molecule has 1 aromatic carbocycles. The molecule has 3 aliphatic heterocycles. The van der Waals surface area contributed by atoms with E-state index in [9.17, 15) is 9.59 Å². The number of benzene rings is 1. The van der Waals surface area contributed by atoms with Crippen molar-refractivity contribution < 1.29 is 28.2 Å². The van der Waals surface area contributed by atoms with Gasteiger partial charge in [0.15, 0.2) is 0 Å². The lowest BCUT2D eigenvalue weighted by molar-refractivity contribution is -0.0337. The highest BCUT2D eigenvalue weighted by atomic mass is 16.7. The van der Waals surface area contributed by atoms with Crippen LogP contribution in [-0.4, -0.2) is 32.6 Å².